The second-order valence-corrected chi connectivity index (χ2v) is 7.30. The predicted octanol–water partition coefficient (Wildman–Crippen LogP) is 7.15. The van der Waals surface area contributed by atoms with E-state index in [1.165, 1.54) is 0 Å². The molecule has 130 valence electrons. The van der Waals surface area contributed by atoms with Gasteiger partial charge in [-0.3, -0.25) is 4.98 Å². The molecule has 2 heterocycles. The van der Waals surface area contributed by atoms with Crippen LogP contribution in [0.1, 0.15) is 0 Å². The van der Waals surface area contributed by atoms with Crippen LogP contribution in [-0.4, -0.2) is 9.55 Å². The number of aromatic nitrogens is 2. The third-order valence-corrected chi connectivity index (χ3v) is 5.22. The lowest BCUT2D eigenvalue weighted by Gasteiger charge is -2.10. The molecule has 0 saturated carbocycles. The molecule has 0 unspecified atom stereocenters. The maximum Gasteiger partial charge on any atom is 0.0702 e. The van der Waals surface area contributed by atoms with Gasteiger partial charge in [-0.1, -0.05) is 41.4 Å². The fourth-order valence-corrected chi connectivity index (χ4v) is 3.93. The molecule has 2 aromatic heterocycles. The highest BCUT2D eigenvalue weighted by molar-refractivity contribution is 6.33. The molecule has 4 heteroatoms. The van der Waals surface area contributed by atoms with Gasteiger partial charge < -0.3 is 4.57 Å². The number of nitrogens with zero attached hydrogens (tertiary/aromatic N) is 2. The first kappa shape index (κ1) is 16.4. The summed E-state index contributed by atoms with van der Waals surface area (Å²) in [5, 5.41) is 3.60. The van der Waals surface area contributed by atoms with Crippen molar-refractivity contribution in [2.75, 3.05) is 0 Å². The van der Waals surface area contributed by atoms with Crippen LogP contribution >= 0.6 is 23.2 Å². The van der Waals surface area contributed by atoms with Crippen LogP contribution in [-0.2, 0) is 0 Å². The third kappa shape index (κ3) is 2.78. The summed E-state index contributed by atoms with van der Waals surface area (Å²) >= 11 is 12.5. The predicted molar refractivity (Wildman–Crippen MR) is 114 cm³/mol. The standard InChI is InChI=1S/C23H14Cl2N2/c24-16-7-9-22-19(13-16)20-14-17(25)8-10-23(20)27(22)18-5-3-4-15(12-18)21-6-1-2-11-26-21/h1-14H. The summed E-state index contributed by atoms with van der Waals surface area (Å²) in [5.41, 5.74) is 5.28. The van der Waals surface area contributed by atoms with Crippen LogP contribution in [0.3, 0.4) is 0 Å². The van der Waals surface area contributed by atoms with Crippen LogP contribution in [0.5, 0.6) is 0 Å². The lowest BCUT2D eigenvalue weighted by atomic mass is 10.1. The van der Waals surface area contributed by atoms with Gasteiger partial charge in [0.25, 0.3) is 0 Å². The number of benzene rings is 3. The van der Waals surface area contributed by atoms with E-state index in [-0.39, 0.29) is 0 Å². The van der Waals surface area contributed by atoms with Crippen molar-refractivity contribution in [3.8, 4) is 16.9 Å². The topological polar surface area (TPSA) is 17.8 Å². The molecule has 0 aliphatic carbocycles. The van der Waals surface area contributed by atoms with Crippen LogP contribution in [0.15, 0.2) is 85.1 Å². The molecule has 0 atom stereocenters. The summed E-state index contributed by atoms with van der Waals surface area (Å²) in [4.78, 5) is 4.48. The minimum absolute atomic E-state index is 0.712. The monoisotopic (exact) mass is 388 g/mol. The van der Waals surface area contributed by atoms with Crippen LogP contribution < -0.4 is 0 Å². The molecule has 2 nitrogen and oxygen atoms in total. The van der Waals surface area contributed by atoms with Gasteiger partial charge in [-0.15, -0.1) is 0 Å². The van der Waals surface area contributed by atoms with Gasteiger partial charge in [0.2, 0.25) is 0 Å². The van der Waals surface area contributed by atoms with Gasteiger partial charge in [0.05, 0.1) is 16.7 Å². The molecule has 0 aliphatic heterocycles. The molecular formula is C23H14Cl2N2. The van der Waals surface area contributed by atoms with E-state index < -0.39 is 0 Å². The Morgan fingerprint density at radius 3 is 2.00 bits per heavy atom. The molecule has 0 bridgehead atoms. The highest BCUT2D eigenvalue weighted by Gasteiger charge is 2.13. The zero-order chi connectivity index (χ0) is 18.4. The van der Waals surface area contributed by atoms with Gasteiger partial charge in [-0.05, 0) is 60.7 Å². The molecular weight excluding hydrogens is 375 g/mol. The third-order valence-electron chi connectivity index (χ3n) is 4.75. The van der Waals surface area contributed by atoms with Crippen LogP contribution in [0.2, 0.25) is 10.0 Å². The average molecular weight is 389 g/mol. The van der Waals surface area contributed by atoms with Gasteiger partial charge >= 0.3 is 0 Å². The Kier molecular flexibility index (Phi) is 3.89. The Bertz CT molecular complexity index is 1230. The van der Waals surface area contributed by atoms with Crippen molar-refractivity contribution in [2.24, 2.45) is 0 Å². The molecule has 0 N–H and O–H groups in total. The maximum absolute atomic E-state index is 6.27. The van der Waals surface area contributed by atoms with Gasteiger partial charge in [0.1, 0.15) is 0 Å². The zero-order valence-corrected chi connectivity index (χ0v) is 15.7. The van der Waals surface area contributed by atoms with Gasteiger partial charge in [-0.2, -0.15) is 0 Å². The first-order chi connectivity index (χ1) is 13.2. The number of hydrogen-bond donors (Lipinski definition) is 0. The fraction of sp³-hybridized carbons (Fsp3) is 0. The summed E-state index contributed by atoms with van der Waals surface area (Å²) in [5.74, 6) is 0. The van der Waals surface area contributed by atoms with Gasteiger partial charge in [0, 0.05) is 38.3 Å². The summed E-state index contributed by atoms with van der Waals surface area (Å²) in [6.45, 7) is 0. The van der Waals surface area contributed by atoms with Gasteiger partial charge in [0.15, 0.2) is 0 Å². The minimum atomic E-state index is 0.712. The molecule has 5 rings (SSSR count). The van der Waals surface area contributed by atoms with E-state index in [1.54, 1.807) is 0 Å². The molecule has 0 spiro atoms. The van der Waals surface area contributed by atoms with Crippen LogP contribution in [0.25, 0.3) is 38.8 Å². The maximum atomic E-state index is 6.27. The summed E-state index contributed by atoms with van der Waals surface area (Å²) in [6, 6.07) is 26.3. The van der Waals surface area contributed by atoms with E-state index in [1.807, 2.05) is 48.7 Å². The minimum Gasteiger partial charge on any atom is -0.309 e. The van der Waals surface area contributed by atoms with E-state index in [9.17, 15) is 0 Å². The van der Waals surface area contributed by atoms with Crippen molar-refractivity contribution in [3.05, 3.63) is 95.1 Å². The SMILES string of the molecule is Clc1ccc2c(c1)c1cc(Cl)ccc1n2-c1cccc(-c2ccccn2)c1. The van der Waals surface area contributed by atoms with Crippen molar-refractivity contribution >= 4 is 45.0 Å². The number of rotatable bonds is 2. The molecule has 0 aliphatic rings. The van der Waals surface area contributed by atoms with Gasteiger partial charge in [-0.25, -0.2) is 0 Å². The fourth-order valence-electron chi connectivity index (χ4n) is 3.58. The molecule has 3 aromatic carbocycles. The van der Waals surface area contributed by atoms with E-state index in [0.29, 0.717) is 10.0 Å². The summed E-state index contributed by atoms with van der Waals surface area (Å²) in [7, 11) is 0. The van der Waals surface area contributed by atoms with Crippen LogP contribution in [0, 0.1) is 0 Å². The normalized spacial score (nSPS) is 11.3. The van der Waals surface area contributed by atoms with E-state index in [0.717, 1.165) is 38.8 Å². The molecule has 0 saturated heterocycles. The first-order valence-electron chi connectivity index (χ1n) is 8.62. The summed E-state index contributed by atoms with van der Waals surface area (Å²) < 4.78 is 2.24. The Morgan fingerprint density at radius 1 is 0.667 bits per heavy atom. The Morgan fingerprint density at radius 2 is 1.37 bits per heavy atom. The largest absolute Gasteiger partial charge is 0.309 e. The number of fused-ring (bicyclic) bond motifs is 3. The van der Waals surface area contributed by atoms with Crippen molar-refractivity contribution in [1.29, 1.82) is 0 Å². The number of halogens is 2. The second-order valence-electron chi connectivity index (χ2n) is 6.42. The Labute approximate surface area is 166 Å². The lowest BCUT2D eigenvalue weighted by molar-refractivity contribution is 1.18. The Hall–Kier alpha value is -2.81. The number of pyridine rings is 1. The molecule has 0 radical (unpaired) electrons. The smallest absolute Gasteiger partial charge is 0.0702 e. The second kappa shape index (κ2) is 6.41. The molecule has 27 heavy (non-hydrogen) atoms. The average Bonchev–Trinajstić information content (AvgIpc) is 3.02. The highest BCUT2D eigenvalue weighted by atomic mass is 35.5. The lowest BCUT2D eigenvalue weighted by Crippen LogP contribution is -1.94. The van der Waals surface area contributed by atoms with E-state index in [2.05, 4.69) is 45.9 Å². The molecule has 5 aromatic rings. The van der Waals surface area contributed by atoms with Crippen molar-refractivity contribution in [2.45, 2.75) is 0 Å². The van der Waals surface area contributed by atoms with Crippen LogP contribution in [0.4, 0.5) is 0 Å². The molecule has 0 amide bonds. The highest BCUT2D eigenvalue weighted by Crippen LogP contribution is 2.35. The first-order valence-corrected chi connectivity index (χ1v) is 9.37. The summed E-state index contributed by atoms with van der Waals surface area (Å²) in [6.07, 6.45) is 1.81. The van der Waals surface area contributed by atoms with E-state index in [4.69, 9.17) is 23.2 Å². The quantitative estimate of drug-likeness (QED) is 0.313. The molecule has 0 fully saturated rings. The van der Waals surface area contributed by atoms with Crippen molar-refractivity contribution < 1.29 is 0 Å². The van der Waals surface area contributed by atoms with Crippen molar-refractivity contribution in [1.82, 2.24) is 9.55 Å². The Balaban J connectivity index is 1.83. The van der Waals surface area contributed by atoms with Crippen molar-refractivity contribution in [3.63, 3.8) is 0 Å². The number of hydrogen-bond acceptors (Lipinski definition) is 1. The van der Waals surface area contributed by atoms with E-state index >= 15 is 0 Å². The zero-order valence-electron chi connectivity index (χ0n) is 14.2.